The van der Waals surface area contributed by atoms with Crippen molar-refractivity contribution in [3.05, 3.63) is 39.1 Å². The normalized spacial score (nSPS) is 15.6. The van der Waals surface area contributed by atoms with Gasteiger partial charge in [0.25, 0.3) is 5.56 Å². The van der Waals surface area contributed by atoms with Gasteiger partial charge in [-0.25, -0.2) is 9.78 Å². The number of aromatic amines is 1. The first-order chi connectivity index (χ1) is 13.5. The van der Waals surface area contributed by atoms with Crippen LogP contribution in [0.4, 0.5) is 5.95 Å². The summed E-state index contributed by atoms with van der Waals surface area (Å²) >= 11 is 0. The topological polar surface area (TPSA) is 93.7 Å². The molecule has 3 aromatic heterocycles. The molecule has 9 nitrogen and oxygen atoms in total. The Hall–Kier alpha value is -2.84. The molecule has 1 fully saturated rings. The number of piperidine rings is 1. The van der Waals surface area contributed by atoms with E-state index in [2.05, 4.69) is 37.5 Å². The van der Waals surface area contributed by atoms with Crippen LogP contribution in [-0.4, -0.2) is 41.7 Å². The maximum absolute atomic E-state index is 12.2. The summed E-state index contributed by atoms with van der Waals surface area (Å²) in [6, 6.07) is 0. The number of hydrogen-bond donors (Lipinski definition) is 1. The number of H-pyrrole nitrogens is 1. The molecule has 0 aromatic carbocycles. The maximum Gasteiger partial charge on any atom is 0.329 e. The zero-order valence-electron chi connectivity index (χ0n) is 16.7. The molecule has 0 unspecified atom stereocenters. The van der Waals surface area contributed by atoms with E-state index < -0.39 is 11.2 Å². The predicted octanol–water partition coefficient (Wildman–Crippen LogP) is 1.34. The molecule has 0 aliphatic carbocycles. The molecule has 150 valence electrons. The van der Waals surface area contributed by atoms with Crippen molar-refractivity contribution in [2.24, 2.45) is 14.1 Å². The van der Waals surface area contributed by atoms with E-state index in [-0.39, 0.29) is 0 Å². The number of unbranched alkanes of at least 4 members (excludes halogenated alkanes) is 1. The number of hydrogen-bond acceptors (Lipinski definition) is 5. The van der Waals surface area contributed by atoms with Gasteiger partial charge in [-0.1, -0.05) is 13.3 Å². The summed E-state index contributed by atoms with van der Waals surface area (Å²) in [6.07, 6.45) is 8.29. The lowest BCUT2D eigenvalue weighted by Gasteiger charge is -2.32. The Morgan fingerprint density at radius 3 is 2.64 bits per heavy atom. The summed E-state index contributed by atoms with van der Waals surface area (Å²) in [6.45, 7) is 4.91. The first kappa shape index (κ1) is 18.5. The van der Waals surface area contributed by atoms with Crippen LogP contribution in [0.5, 0.6) is 0 Å². The van der Waals surface area contributed by atoms with Crippen molar-refractivity contribution in [2.75, 3.05) is 18.0 Å². The van der Waals surface area contributed by atoms with E-state index in [1.54, 1.807) is 11.6 Å². The van der Waals surface area contributed by atoms with Gasteiger partial charge in [0.05, 0.1) is 0 Å². The number of rotatable bonds is 5. The van der Waals surface area contributed by atoms with E-state index in [9.17, 15) is 9.59 Å². The van der Waals surface area contributed by atoms with Gasteiger partial charge >= 0.3 is 5.69 Å². The summed E-state index contributed by atoms with van der Waals surface area (Å²) in [4.78, 5) is 37.9. The van der Waals surface area contributed by atoms with Gasteiger partial charge in [-0.3, -0.25) is 14.3 Å². The number of aryl methyl sites for hydroxylation is 3. The third-order valence-corrected chi connectivity index (χ3v) is 5.75. The predicted molar refractivity (Wildman–Crippen MR) is 108 cm³/mol. The Kier molecular flexibility index (Phi) is 4.82. The van der Waals surface area contributed by atoms with Gasteiger partial charge < -0.3 is 14.0 Å². The molecule has 4 heterocycles. The smallest absolute Gasteiger partial charge is 0.329 e. The summed E-state index contributed by atoms with van der Waals surface area (Å²) in [5, 5.41) is 0. The molecule has 9 heteroatoms. The van der Waals surface area contributed by atoms with Crippen LogP contribution < -0.4 is 16.1 Å². The largest absolute Gasteiger partial charge is 0.342 e. The molecule has 0 amide bonds. The standard InChI is InChI=1S/C19H27N7O2/c1-4-5-9-25-12-8-20-15(25)13-6-10-26(11-7-13)18-21-16-14(23(18)2)17(27)22-19(28)24(16)3/h8,12-13H,4-7,9-11H2,1-3H3,(H,22,27,28). The van der Waals surface area contributed by atoms with E-state index in [1.165, 1.54) is 16.8 Å². The zero-order chi connectivity index (χ0) is 19.8. The molecule has 0 atom stereocenters. The van der Waals surface area contributed by atoms with Gasteiger partial charge in [-0.05, 0) is 19.3 Å². The van der Waals surface area contributed by atoms with Crippen molar-refractivity contribution >= 4 is 17.1 Å². The number of anilines is 1. The number of fused-ring (bicyclic) bond motifs is 1. The molecule has 1 aliphatic rings. The van der Waals surface area contributed by atoms with Crippen LogP contribution in [0.25, 0.3) is 11.2 Å². The van der Waals surface area contributed by atoms with Gasteiger partial charge in [0, 0.05) is 52.0 Å². The second kappa shape index (κ2) is 7.29. The van der Waals surface area contributed by atoms with Crippen LogP contribution in [0, 0.1) is 0 Å². The van der Waals surface area contributed by atoms with Crippen LogP contribution in [-0.2, 0) is 20.6 Å². The van der Waals surface area contributed by atoms with Gasteiger partial charge in [-0.2, -0.15) is 4.98 Å². The molecule has 4 rings (SSSR count). The van der Waals surface area contributed by atoms with Crippen molar-refractivity contribution in [2.45, 2.75) is 45.1 Å². The summed E-state index contributed by atoms with van der Waals surface area (Å²) < 4.78 is 5.46. The van der Waals surface area contributed by atoms with Gasteiger partial charge in [0.2, 0.25) is 5.95 Å². The summed E-state index contributed by atoms with van der Waals surface area (Å²) in [7, 11) is 3.45. The van der Waals surface area contributed by atoms with Crippen LogP contribution in [0.3, 0.4) is 0 Å². The minimum Gasteiger partial charge on any atom is -0.342 e. The van der Waals surface area contributed by atoms with Crippen molar-refractivity contribution in [3.63, 3.8) is 0 Å². The summed E-state index contributed by atoms with van der Waals surface area (Å²) in [5.74, 6) is 2.34. The first-order valence-electron chi connectivity index (χ1n) is 9.93. The zero-order valence-corrected chi connectivity index (χ0v) is 16.7. The molecular formula is C19H27N7O2. The van der Waals surface area contributed by atoms with Crippen LogP contribution in [0.15, 0.2) is 22.0 Å². The average Bonchev–Trinajstić information content (AvgIpc) is 3.29. The highest BCUT2D eigenvalue weighted by atomic mass is 16.2. The quantitative estimate of drug-likeness (QED) is 0.715. The van der Waals surface area contributed by atoms with Crippen molar-refractivity contribution < 1.29 is 0 Å². The fourth-order valence-corrected chi connectivity index (χ4v) is 4.12. The number of nitrogens with zero attached hydrogens (tertiary/aromatic N) is 6. The molecule has 1 N–H and O–H groups in total. The van der Waals surface area contributed by atoms with Crippen molar-refractivity contribution in [1.82, 2.24) is 28.7 Å². The molecule has 0 spiro atoms. The highest BCUT2D eigenvalue weighted by Gasteiger charge is 2.27. The maximum atomic E-state index is 12.2. The van der Waals surface area contributed by atoms with Crippen LogP contribution in [0.2, 0.25) is 0 Å². The monoisotopic (exact) mass is 385 g/mol. The van der Waals surface area contributed by atoms with E-state index in [0.29, 0.717) is 17.1 Å². The third-order valence-electron chi connectivity index (χ3n) is 5.75. The van der Waals surface area contributed by atoms with E-state index in [0.717, 1.165) is 44.8 Å². The number of nitrogens with one attached hydrogen (secondary N) is 1. The number of aromatic nitrogens is 6. The van der Waals surface area contributed by atoms with Gasteiger partial charge in [0.15, 0.2) is 11.2 Å². The lowest BCUT2D eigenvalue weighted by Crippen LogP contribution is -2.35. The lowest BCUT2D eigenvalue weighted by molar-refractivity contribution is 0.455. The number of imidazole rings is 2. The molecule has 0 radical (unpaired) electrons. The third kappa shape index (κ3) is 3.04. The minimum absolute atomic E-state index is 0.396. The minimum atomic E-state index is -0.445. The Bertz CT molecular complexity index is 1100. The first-order valence-corrected chi connectivity index (χ1v) is 9.93. The molecule has 1 aliphatic heterocycles. The molecule has 3 aromatic rings. The van der Waals surface area contributed by atoms with Crippen molar-refractivity contribution in [3.8, 4) is 0 Å². The van der Waals surface area contributed by atoms with Gasteiger partial charge in [-0.15, -0.1) is 0 Å². The Morgan fingerprint density at radius 2 is 1.93 bits per heavy atom. The van der Waals surface area contributed by atoms with E-state index >= 15 is 0 Å². The second-order valence-corrected chi connectivity index (χ2v) is 7.56. The van der Waals surface area contributed by atoms with E-state index in [4.69, 9.17) is 0 Å². The molecule has 0 bridgehead atoms. The lowest BCUT2D eigenvalue weighted by atomic mass is 9.96. The Labute approximate surface area is 162 Å². The SMILES string of the molecule is CCCCn1ccnc1C1CCN(c2nc3c(c(=O)[nH]c(=O)n3C)n2C)CC1. The van der Waals surface area contributed by atoms with Crippen molar-refractivity contribution in [1.29, 1.82) is 0 Å². The van der Waals surface area contributed by atoms with Crippen LogP contribution >= 0.6 is 0 Å². The highest BCUT2D eigenvalue weighted by molar-refractivity contribution is 5.74. The van der Waals surface area contributed by atoms with E-state index in [1.807, 2.05) is 13.2 Å². The molecule has 28 heavy (non-hydrogen) atoms. The molecule has 0 saturated carbocycles. The molecular weight excluding hydrogens is 358 g/mol. The highest BCUT2D eigenvalue weighted by Crippen LogP contribution is 2.30. The second-order valence-electron chi connectivity index (χ2n) is 7.56. The Morgan fingerprint density at radius 1 is 1.18 bits per heavy atom. The molecule has 1 saturated heterocycles. The fourth-order valence-electron chi connectivity index (χ4n) is 4.12. The fraction of sp³-hybridized carbons (Fsp3) is 0.579. The Balaban J connectivity index is 1.56. The summed E-state index contributed by atoms with van der Waals surface area (Å²) in [5.41, 5.74) is 0.00442. The average molecular weight is 385 g/mol. The van der Waals surface area contributed by atoms with Gasteiger partial charge in [0.1, 0.15) is 5.82 Å². The van der Waals surface area contributed by atoms with Crippen LogP contribution in [0.1, 0.15) is 44.3 Å².